The number of amides is 1. The monoisotopic (exact) mass is 479 g/mol. The maximum absolute atomic E-state index is 13.5. The number of nitrogens with two attached hydrogens (primary N) is 1. The van der Waals surface area contributed by atoms with Gasteiger partial charge in [-0.15, -0.1) is 0 Å². The molecule has 1 unspecified atom stereocenters. The quantitative estimate of drug-likeness (QED) is 0.585. The minimum atomic E-state index is -1.01. The first-order valence-corrected chi connectivity index (χ1v) is 12.8. The molecule has 2 atom stereocenters. The van der Waals surface area contributed by atoms with Crippen LogP contribution in [-0.4, -0.2) is 61.3 Å². The molecule has 0 bridgehead atoms. The van der Waals surface area contributed by atoms with Crippen LogP contribution in [0.3, 0.4) is 0 Å². The van der Waals surface area contributed by atoms with Crippen LogP contribution < -0.4 is 10.6 Å². The van der Waals surface area contributed by atoms with Crippen molar-refractivity contribution in [3.05, 3.63) is 41.0 Å². The molecule has 6 rings (SSSR count). The van der Waals surface area contributed by atoms with Crippen LogP contribution >= 0.6 is 0 Å². The lowest BCUT2D eigenvalue weighted by molar-refractivity contribution is 0.0162. The highest BCUT2D eigenvalue weighted by atomic mass is 16.5. The Morgan fingerprint density at radius 2 is 2.00 bits per heavy atom. The SMILES string of the molecule is Cc1cn2nc(C3CCCCN3C(=O)c3cc(C4(O)CCCC4)on3)cc2nc1N1CC[C@H](N)C1. The van der Waals surface area contributed by atoms with E-state index >= 15 is 0 Å². The first-order chi connectivity index (χ1) is 16.9. The van der Waals surface area contributed by atoms with Gasteiger partial charge in [0.05, 0.1) is 11.7 Å². The van der Waals surface area contributed by atoms with E-state index in [0.717, 1.165) is 74.3 Å². The average molecular weight is 480 g/mol. The summed E-state index contributed by atoms with van der Waals surface area (Å²) in [4.78, 5) is 22.5. The molecule has 3 aromatic rings. The molecule has 1 saturated carbocycles. The van der Waals surface area contributed by atoms with Crippen LogP contribution in [0.15, 0.2) is 22.9 Å². The summed E-state index contributed by atoms with van der Waals surface area (Å²) in [6, 6.07) is 3.64. The average Bonchev–Trinajstić information content (AvgIpc) is 3.65. The van der Waals surface area contributed by atoms with Crippen LogP contribution in [0.4, 0.5) is 5.82 Å². The zero-order valence-corrected chi connectivity index (χ0v) is 20.2. The van der Waals surface area contributed by atoms with Gasteiger partial charge >= 0.3 is 0 Å². The van der Waals surface area contributed by atoms with Crippen LogP contribution in [0.25, 0.3) is 5.65 Å². The molecule has 0 aromatic carbocycles. The lowest BCUT2D eigenvalue weighted by Gasteiger charge is -2.34. The van der Waals surface area contributed by atoms with Crippen molar-refractivity contribution >= 4 is 17.4 Å². The van der Waals surface area contributed by atoms with Crippen molar-refractivity contribution in [1.29, 1.82) is 0 Å². The Bertz CT molecular complexity index is 1250. The Balaban J connectivity index is 1.28. The molecule has 3 aromatic heterocycles. The maximum atomic E-state index is 13.5. The lowest BCUT2D eigenvalue weighted by Crippen LogP contribution is -2.38. The third-order valence-electron chi connectivity index (χ3n) is 7.87. The third kappa shape index (κ3) is 3.98. The summed E-state index contributed by atoms with van der Waals surface area (Å²) in [5.41, 5.74) is 8.01. The zero-order valence-electron chi connectivity index (χ0n) is 20.2. The highest BCUT2D eigenvalue weighted by Crippen LogP contribution is 2.39. The highest BCUT2D eigenvalue weighted by Gasteiger charge is 2.39. The molecule has 35 heavy (non-hydrogen) atoms. The van der Waals surface area contributed by atoms with Crippen molar-refractivity contribution in [1.82, 2.24) is 24.7 Å². The fourth-order valence-corrected chi connectivity index (χ4v) is 5.91. The Morgan fingerprint density at radius 3 is 2.77 bits per heavy atom. The van der Waals surface area contributed by atoms with Crippen molar-refractivity contribution in [2.24, 2.45) is 5.73 Å². The van der Waals surface area contributed by atoms with Gasteiger partial charge < -0.3 is 25.2 Å². The number of likely N-dealkylation sites (tertiary alicyclic amines) is 1. The van der Waals surface area contributed by atoms with Gasteiger partial charge in [0.2, 0.25) is 0 Å². The van der Waals surface area contributed by atoms with Crippen molar-refractivity contribution in [2.45, 2.75) is 76.0 Å². The summed E-state index contributed by atoms with van der Waals surface area (Å²) in [5, 5.41) is 19.7. The van der Waals surface area contributed by atoms with Gasteiger partial charge in [-0.2, -0.15) is 5.10 Å². The molecule has 1 aliphatic carbocycles. The molecule has 5 heterocycles. The van der Waals surface area contributed by atoms with E-state index in [1.54, 1.807) is 6.07 Å². The van der Waals surface area contributed by atoms with Crippen LogP contribution in [0, 0.1) is 6.92 Å². The standard InChI is InChI=1S/C25H33N7O3/c1-16-14-32-22(27-23(16)30-11-7-17(26)15-30)13-18(28-32)20-6-2-5-10-31(20)24(33)19-12-21(35-29-19)25(34)8-3-4-9-25/h12-14,17,20,34H,2-11,15,26H2,1H3/t17-,20?/m0/s1. The van der Waals surface area contributed by atoms with Gasteiger partial charge in [0.1, 0.15) is 11.4 Å². The van der Waals surface area contributed by atoms with Gasteiger partial charge in [-0.25, -0.2) is 9.50 Å². The van der Waals surface area contributed by atoms with Crippen LogP contribution in [0.1, 0.15) is 84.9 Å². The Kier molecular flexibility index (Phi) is 5.52. The first-order valence-electron chi connectivity index (χ1n) is 12.8. The van der Waals surface area contributed by atoms with Crippen molar-refractivity contribution in [2.75, 3.05) is 24.5 Å². The lowest BCUT2D eigenvalue weighted by atomic mass is 9.97. The molecular weight excluding hydrogens is 446 g/mol. The molecule has 186 valence electrons. The number of carbonyl (C=O) groups excluding carboxylic acids is 1. The number of nitrogens with zero attached hydrogens (tertiary/aromatic N) is 6. The van der Waals surface area contributed by atoms with E-state index in [4.69, 9.17) is 20.3 Å². The van der Waals surface area contributed by atoms with E-state index in [1.165, 1.54) is 0 Å². The molecule has 0 spiro atoms. The predicted molar refractivity (Wildman–Crippen MR) is 129 cm³/mol. The smallest absolute Gasteiger partial charge is 0.276 e. The molecule has 10 heteroatoms. The van der Waals surface area contributed by atoms with Crippen LogP contribution in [0.2, 0.25) is 0 Å². The minimum Gasteiger partial charge on any atom is -0.382 e. The number of anilines is 1. The fourth-order valence-electron chi connectivity index (χ4n) is 5.91. The Hall–Kier alpha value is -2.98. The van der Waals surface area contributed by atoms with Crippen LogP contribution in [-0.2, 0) is 5.60 Å². The summed E-state index contributed by atoms with van der Waals surface area (Å²) in [5.74, 6) is 1.17. The van der Waals surface area contributed by atoms with Gasteiger partial charge in [0.15, 0.2) is 17.1 Å². The zero-order chi connectivity index (χ0) is 24.2. The third-order valence-corrected chi connectivity index (χ3v) is 7.87. The van der Waals surface area contributed by atoms with E-state index in [2.05, 4.69) is 10.1 Å². The van der Waals surface area contributed by atoms with Crippen molar-refractivity contribution in [3.8, 4) is 0 Å². The molecule has 2 saturated heterocycles. The molecule has 3 N–H and O–H groups in total. The van der Waals surface area contributed by atoms with E-state index in [0.29, 0.717) is 25.1 Å². The molecular formula is C25H33N7O3. The topological polar surface area (TPSA) is 126 Å². The number of piperidine rings is 1. The molecule has 3 fully saturated rings. The Labute approximate surface area is 204 Å². The van der Waals surface area contributed by atoms with E-state index in [9.17, 15) is 9.90 Å². The van der Waals surface area contributed by atoms with E-state index in [-0.39, 0.29) is 23.7 Å². The second kappa shape index (κ2) is 8.60. The van der Waals surface area contributed by atoms with Crippen molar-refractivity contribution in [3.63, 3.8) is 0 Å². The molecule has 0 radical (unpaired) electrons. The summed E-state index contributed by atoms with van der Waals surface area (Å²) in [6.45, 7) is 4.40. The summed E-state index contributed by atoms with van der Waals surface area (Å²) in [7, 11) is 0. The predicted octanol–water partition coefficient (Wildman–Crippen LogP) is 2.69. The molecule has 1 amide bonds. The maximum Gasteiger partial charge on any atom is 0.276 e. The molecule has 3 aliphatic rings. The summed E-state index contributed by atoms with van der Waals surface area (Å²) >= 11 is 0. The largest absolute Gasteiger partial charge is 0.382 e. The Morgan fingerprint density at radius 1 is 1.17 bits per heavy atom. The number of aliphatic hydroxyl groups is 1. The highest BCUT2D eigenvalue weighted by molar-refractivity contribution is 5.92. The second-order valence-electron chi connectivity index (χ2n) is 10.4. The van der Waals surface area contributed by atoms with Gasteiger partial charge in [-0.3, -0.25) is 4.79 Å². The minimum absolute atomic E-state index is 0.156. The van der Waals surface area contributed by atoms with Gasteiger partial charge in [0.25, 0.3) is 5.91 Å². The number of fused-ring (bicyclic) bond motifs is 1. The second-order valence-corrected chi connectivity index (χ2v) is 10.4. The van der Waals surface area contributed by atoms with Gasteiger partial charge in [-0.1, -0.05) is 5.16 Å². The fraction of sp³-hybridized carbons (Fsp3) is 0.600. The number of hydrogen-bond donors (Lipinski definition) is 2. The summed E-state index contributed by atoms with van der Waals surface area (Å²) < 4.78 is 7.26. The number of hydrogen-bond acceptors (Lipinski definition) is 8. The first kappa shape index (κ1) is 22.5. The van der Waals surface area contributed by atoms with E-state index in [1.807, 2.05) is 28.6 Å². The molecule has 10 nitrogen and oxygen atoms in total. The van der Waals surface area contributed by atoms with Crippen molar-refractivity contribution < 1.29 is 14.4 Å². The van der Waals surface area contributed by atoms with Gasteiger partial charge in [0, 0.05) is 49.6 Å². The number of aromatic nitrogens is 4. The van der Waals surface area contributed by atoms with E-state index < -0.39 is 5.60 Å². The number of aryl methyl sites for hydroxylation is 1. The normalized spacial score (nSPS) is 24.5. The van der Waals surface area contributed by atoms with Gasteiger partial charge in [-0.05, 0) is 58.3 Å². The molecule has 2 aliphatic heterocycles. The van der Waals surface area contributed by atoms with Crippen LogP contribution in [0.5, 0.6) is 0 Å². The number of carbonyl (C=O) groups is 1. The number of rotatable bonds is 4. The summed E-state index contributed by atoms with van der Waals surface area (Å²) in [6.07, 6.45) is 8.93.